The molecule has 5 N–H and O–H groups in total. The highest BCUT2D eigenvalue weighted by Gasteiger charge is 2.61. The highest BCUT2D eigenvalue weighted by atomic mass is 31.2. The van der Waals surface area contributed by atoms with Gasteiger partial charge in [0.2, 0.25) is 0 Å². The second-order valence-corrected chi connectivity index (χ2v) is 8.07. The van der Waals surface area contributed by atoms with Crippen LogP contribution in [0.3, 0.4) is 0 Å². The van der Waals surface area contributed by atoms with Crippen molar-refractivity contribution in [2.75, 3.05) is 0 Å². The quantitative estimate of drug-likeness (QED) is 0.463. The summed E-state index contributed by atoms with van der Waals surface area (Å²) in [6, 6.07) is 0. The zero-order chi connectivity index (χ0) is 13.4. The van der Waals surface area contributed by atoms with Crippen LogP contribution in [-0.4, -0.2) is 35.4 Å². The molecule has 0 saturated carbocycles. The Kier molecular flexibility index (Phi) is 4.51. The van der Waals surface area contributed by atoms with E-state index in [1.807, 2.05) is 0 Å². The lowest BCUT2D eigenvalue weighted by atomic mass is 10.0. The van der Waals surface area contributed by atoms with Crippen LogP contribution in [0.25, 0.3) is 0 Å². The summed E-state index contributed by atoms with van der Waals surface area (Å²) in [5.74, 6) is 0. The number of halogens is 1. The lowest BCUT2D eigenvalue weighted by Crippen LogP contribution is -2.28. The lowest BCUT2D eigenvalue weighted by Gasteiger charge is -2.29. The van der Waals surface area contributed by atoms with Gasteiger partial charge in [0.1, 0.15) is 0 Å². The van der Waals surface area contributed by atoms with Crippen molar-refractivity contribution in [3.05, 3.63) is 0 Å². The maximum absolute atomic E-state index is 13.7. The van der Waals surface area contributed by atoms with Gasteiger partial charge in [-0.15, -0.1) is 0 Å². The molecule has 0 atom stereocenters. The first-order valence-corrected chi connectivity index (χ1v) is 7.46. The number of aliphatic hydroxyl groups is 1. The molecule has 0 radical (unpaired) electrons. The molecule has 0 aliphatic rings. The van der Waals surface area contributed by atoms with Crippen LogP contribution < -0.4 is 0 Å². The average molecular weight is 280 g/mol. The molecule has 0 bridgehead atoms. The molecule has 0 aromatic heterocycles. The van der Waals surface area contributed by atoms with E-state index in [9.17, 15) is 18.6 Å². The maximum Gasteiger partial charge on any atom is 0.375 e. The fourth-order valence-electron chi connectivity index (χ4n) is 0.926. The normalized spacial score (nSPS) is 15.2. The summed E-state index contributed by atoms with van der Waals surface area (Å²) >= 11 is 0. The van der Waals surface area contributed by atoms with E-state index in [1.165, 1.54) is 13.8 Å². The Bertz CT molecular complexity index is 315. The minimum absolute atomic E-state index is 0.500. The van der Waals surface area contributed by atoms with Gasteiger partial charge < -0.3 is 24.7 Å². The van der Waals surface area contributed by atoms with Gasteiger partial charge in [0.15, 0.2) is 0 Å². The van der Waals surface area contributed by atoms with Gasteiger partial charge in [-0.2, -0.15) is 0 Å². The number of rotatable bonds is 5. The van der Waals surface area contributed by atoms with Crippen LogP contribution >= 0.6 is 15.2 Å². The molecule has 0 heterocycles. The van der Waals surface area contributed by atoms with Crippen LogP contribution in [0.2, 0.25) is 0 Å². The standard InChI is InChI=1S/C6H15FO7P2/c1-5(2,8)3-4-6(7,15(9,10)11)16(12,13)14/h8H,3-4H2,1-2H3,(H2,9,10,11)(H2,12,13,14). The molecule has 0 aromatic carbocycles. The third kappa shape index (κ3) is 3.89. The molecular formula is C6H15FO7P2. The molecule has 0 aliphatic heterocycles. The molecule has 0 rings (SSSR count). The average Bonchev–Trinajstić information content (AvgIpc) is 1.93. The number of alkyl halides is 1. The third-order valence-corrected chi connectivity index (χ3v) is 5.74. The third-order valence-electron chi connectivity index (χ3n) is 1.95. The zero-order valence-electron chi connectivity index (χ0n) is 8.74. The smallest absolute Gasteiger partial charge is 0.375 e. The fourth-order valence-corrected chi connectivity index (χ4v) is 3.09. The number of hydrogen-bond acceptors (Lipinski definition) is 3. The Morgan fingerprint density at radius 2 is 1.31 bits per heavy atom. The van der Waals surface area contributed by atoms with E-state index in [4.69, 9.17) is 19.6 Å². The van der Waals surface area contributed by atoms with Crippen molar-refractivity contribution in [1.82, 2.24) is 0 Å². The van der Waals surface area contributed by atoms with E-state index in [1.54, 1.807) is 0 Å². The van der Waals surface area contributed by atoms with Crippen LogP contribution in [0.1, 0.15) is 26.7 Å². The summed E-state index contributed by atoms with van der Waals surface area (Å²) < 4.78 is 35.2. The second-order valence-electron chi connectivity index (χ2n) is 4.12. The monoisotopic (exact) mass is 280 g/mol. The van der Waals surface area contributed by atoms with Crippen LogP contribution in [-0.2, 0) is 9.13 Å². The SMILES string of the molecule is CC(C)(O)CCC(F)(P(=O)(O)O)P(=O)(O)O. The van der Waals surface area contributed by atoms with E-state index < -0.39 is 38.8 Å². The van der Waals surface area contributed by atoms with Crippen LogP contribution in [0, 0.1) is 0 Å². The van der Waals surface area contributed by atoms with Crippen molar-refractivity contribution in [1.29, 1.82) is 0 Å². The fraction of sp³-hybridized carbons (Fsp3) is 1.00. The first-order chi connectivity index (χ1) is 6.71. The maximum atomic E-state index is 13.7. The summed E-state index contributed by atoms with van der Waals surface area (Å²) in [5, 5.41) is 5.30. The largest absolute Gasteiger partial charge is 0.390 e. The van der Waals surface area contributed by atoms with Gasteiger partial charge in [-0.25, -0.2) is 4.39 Å². The van der Waals surface area contributed by atoms with Gasteiger partial charge >= 0.3 is 20.3 Å². The lowest BCUT2D eigenvalue weighted by molar-refractivity contribution is 0.0585. The van der Waals surface area contributed by atoms with Crippen molar-refractivity contribution in [3.63, 3.8) is 0 Å². The van der Waals surface area contributed by atoms with Gasteiger partial charge in [-0.05, 0) is 20.3 Å². The first kappa shape index (κ1) is 16.2. The Morgan fingerprint density at radius 1 is 1.00 bits per heavy atom. The van der Waals surface area contributed by atoms with Crippen molar-refractivity contribution in [2.45, 2.75) is 37.4 Å². The molecular weight excluding hydrogens is 265 g/mol. The number of hydrogen-bond donors (Lipinski definition) is 5. The molecule has 0 spiro atoms. The highest BCUT2D eigenvalue weighted by molar-refractivity contribution is 7.72. The van der Waals surface area contributed by atoms with Crippen LogP contribution in [0.5, 0.6) is 0 Å². The molecule has 98 valence electrons. The van der Waals surface area contributed by atoms with Crippen LogP contribution in [0.4, 0.5) is 4.39 Å². The Labute approximate surface area is 91.6 Å². The summed E-state index contributed by atoms with van der Waals surface area (Å²) in [6.07, 6.45) is -1.63. The molecule has 0 fully saturated rings. The van der Waals surface area contributed by atoms with E-state index in [0.717, 1.165) is 0 Å². The topological polar surface area (TPSA) is 135 Å². The van der Waals surface area contributed by atoms with E-state index in [2.05, 4.69) is 0 Å². The molecule has 16 heavy (non-hydrogen) atoms. The molecule has 7 nitrogen and oxygen atoms in total. The highest BCUT2D eigenvalue weighted by Crippen LogP contribution is 2.71. The minimum Gasteiger partial charge on any atom is -0.390 e. The Hall–Kier alpha value is 0.190. The molecule has 0 aliphatic carbocycles. The van der Waals surface area contributed by atoms with Gasteiger partial charge in [0.25, 0.3) is 0 Å². The minimum atomic E-state index is -5.64. The molecule has 0 amide bonds. The Balaban J connectivity index is 5.16. The predicted octanol–water partition coefficient (Wildman–Crippen LogP) is 0.516. The van der Waals surface area contributed by atoms with Crippen molar-refractivity contribution in [3.8, 4) is 0 Å². The van der Waals surface area contributed by atoms with Crippen molar-refractivity contribution in [2.24, 2.45) is 0 Å². The van der Waals surface area contributed by atoms with E-state index in [0.29, 0.717) is 0 Å². The molecule has 10 heteroatoms. The van der Waals surface area contributed by atoms with Crippen molar-refractivity contribution >= 4 is 15.2 Å². The van der Waals surface area contributed by atoms with E-state index in [-0.39, 0.29) is 0 Å². The summed E-state index contributed by atoms with van der Waals surface area (Å²) in [4.78, 5) is 34.5. The summed E-state index contributed by atoms with van der Waals surface area (Å²) in [7, 11) is -11.3. The van der Waals surface area contributed by atoms with Gasteiger partial charge in [0.05, 0.1) is 5.60 Å². The predicted molar refractivity (Wildman–Crippen MR) is 53.5 cm³/mol. The molecule has 0 saturated heterocycles. The van der Waals surface area contributed by atoms with Crippen molar-refractivity contribution < 1.29 is 38.2 Å². The molecule has 0 unspecified atom stereocenters. The summed E-state index contributed by atoms with van der Waals surface area (Å²) in [5.41, 5.74) is -1.48. The van der Waals surface area contributed by atoms with Crippen LogP contribution in [0.15, 0.2) is 0 Å². The second kappa shape index (κ2) is 4.46. The van der Waals surface area contributed by atoms with Gasteiger partial charge in [-0.1, -0.05) is 0 Å². The van der Waals surface area contributed by atoms with Gasteiger partial charge in [-0.3, -0.25) is 9.13 Å². The Morgan fingerprint density at radius 3 is 1.50 bits per heavy atom. The zero-order valence-corrected chi connectivity index (χ0v) is 10.5. The first-order valence-electron chi connectivity index (χ1n) is 4.23. The van der Waals surface area contributed by atoms with Gasteiger partial charge in [0, 0.05) is 6.42 Å². The molecule has 0 aromatic rings. The van der Waals surface area contributed by atoms with E-state index >= 15 is 0 Å². The summed E-state index contributed by atoms with van der Waals surface area (Å²) in [6.45, 7) is 2.46.